The number of aryl methyl sites for hydroxylation is 1. The van der Waals surface area contributed by atoms with Crippen LogP contribution in [-0.4, -0.2) is 27.7 Å². The monoisotopic (exact) mass is 539 g/mol. The molecule has 1 amide bonds. The van der Waals surface area contributed by atoms with Gasteiger partial charge in [0, 0.05) is 40.9 Å². The van der Waals surface area contributed by atoms with Crippen LogP contribution < -0.4 is 20.3 Å². The molecular formula is C31H33N5O2S. The third kappa shape index (κ3) is 5.25. The van der Waals surface area contributed by atoms with Crippen LogP contribution >= 0.6 is 12.2 Å². The standard InChI is InChI=1S/C31H33N5O2S/c1-20-10-8-11-21(18-20)35-17-9-13-25(35)28-27(24-12-6-7-16-32-24)34-30(39)36(28)22-14-15-23(26(19-22)38-5)33-29(37)31(2,3)4/h6-19,27-28H,1-5H3,(H,33,37)(H,34,39)/t27-,28-/m0/s1. The van der Waals surface area contributed by atoms with Crippen molar-refractivity contribution in [3.8, 4) is 11.4 Å². The fraction of sp³-hybridized carbons (Fsp3) is 0.258. The van der Waals surface area contributed by atoms with Crippen molar-refractivity contribution in [3.05, 3.63) is 102 Å². The first kappa shape index (κ1) is 26.4. The van der Waals surface area contributed by atoms with Crippen LogP contribution in [0.2, 0.25) is 0 Å². The number of methoxy groups -OCH3 is 1. The number of carbonyl (C=O) groups is 1. The second-order valence-corrected chi connectivity index (χ2v) is 11.1. The van der Waals surface area contributed by atoms with Crippen LogP contribution in [0.5, 0.6) is 5.75 Å². The topological polar surface area (TPSA) is 71.4 Å². The number of thiocarbonyl (C=S) groups is 1. The Balaban J connectivity index is 1.61. The maximum Gasteiger partial charge on any atom is 0.229 e. The van der Waals surface area contributed by atoms with Gasteiger partial charge in [0.25, 0.3) is 0 Å². The summed E-state index contributed by atoms with van der Waals surface area (Å²) in [6.07, 6.45) is 3.87. The zero-order valence-corrected chi connectivity index (χ0v) is 23.6. The van der Waals surface area contributed by atoms with Gasteiger partial charge in [-0.05, 0) is 73.2 Å². The molecule has 39 heavy (non-hydrogen) atoms. The van der Waals surface area contributed by atoms with Crippen molar-refractivity contribution < 1.29 is 9.53 Å². The van der Waals surface area contributed by atoms with Crippen molar-refractivity contribution in [3.63, 3.8) is 0 Å². The van der Waals surface area contributed by atoms with Gasteiger partial charge in [0.15, 0.2) is 5.11 Å². The predicted molar refractivity (Wildman–Crippen MR) is 160 cm³/mol. The molecular weight excluding hydrogens is 506 g/mol. The van der Waals surface area contributed by atoms with E-state index in [0.717, 1.165) is 22.8 Å². The molecule has 1 saturated heterocycles. The van der Waals surface area contributed by atoms with E-state index in [2.05, 4.69) is 74.6 Å². The first-order chi connectivity index (χ1) is 18.7. The normalized spacial score (nSPS) is 17.2. The number of ether oxygens (including phenoxy) is 1. The van der Waals surface area contributed by atoms with Crippen molar-refractivity contribution in [1.29, 1.82) is 0 Å². The minimum absolute atomic E-state index is 0.0871. The highest BCUT2D eigenvalue weighted by Crippen LogP contribution is 2.44. The summed E-state index contributed by atoms with van der Waals surface area (Å²) in [5, 5.41) is 7.10. The average Bonchev–Trinajstić information content (AvgIpc) is 3.53. The van der Waals surface area contributed by atoms with Crippen molar-refractivity contribution >= 4 is 34.6 Å². The van der Waals surface area contributed by atoms with E-state index < -0.39 is 5.41 Å². The van der Waals surface area contributed by atoms with Crippen LogP contribution in [0.1, 0.15) is 49.8 Å². The van der Waals surface area contributed by atoms with Gasteiger partial charge in [0.1, 0.15) is 11.8 Å². The van der Waals surface area contributed by atoms with Crippen LogP contribution in [0.4, 0.5) is 11.4 Å². The van der Waals surface area contributed by atoms with Gasteiger partial charge in [-0.1, -0.05) is 39.0 Å². The highest BCUT2D eigenvalue weighted by Gasteiger charge is 2.42. The lowest BCUT2D eigenvalue weighted by molar-refractivity contribution is -0.123. The fourth-order valence-electron chi connectivity index (χ4n) is 4.82. The van der Waals surface area contributed by atoms with Gasteiger partial charge in [-0.15, -0.1) is 0 Å². The number of hydrogen-bond donors (Lipinski definition) is 2. The average molecular weight is 540 g/mol. The Bertz CT molecular complexity index is 1510. The molecule has 0 radical (unpaired) electrons. The molecule has 0 aliphatic carbocycles. The van der Waals surface area contributed by atoms with Crippen LogP contribution in [0.3, 0.4) is 0 Å². The number of hydrogen-bond acceptors (Lipinski definition) is 4. The molecule has 0 bridgehead atoms. The number of aromatic nitrogens is 2. The zero-order valence-electron chi connectivity index (χ0n) is 22.8. The number of anilines is 2. The molecule has 2 aromatic carbocycles. The summed E-state index contributed by atoms with van der Waals surface area (Å²) >= 11 is 5.93. The Labute approximate surface area is 234 Å². The fourth-order valence-corrected chi connectivity index (χ4v) is 5.17. The largest absolute Gasteiger partial charge is 0.494 e. The van der Waals surface area contributed by atoms with E-state index in [0.29, 0.717) is 16.5 Å². The van der Waals surface area contributed by atoms with Gasteiger partial charge < -0.3 is 24.8 Å². The molecule has 2 N–H and O–H groups in total. The summed E-state index contributed by atoms with van der Waals surface area (Å²) in [6.45, 7) is 7.73. The zero-order chi connectivity index (χ0) is 27.7. The molecule has 3 heterocycles. The molecule has 0 spiro atoms. The van der Waals surface area contributed by atoms with Gasteiger partial charge >= 0.3 is 0 Å². The van der Waals surface area contributed by atoms with Gasteiger partial charge in [0.2, 0.25) is 5.91 Å². The molecule has 4 aromatic rings. The number of nitrogens with one attached hydrogen (secondary N) is 2. The van der Waals surface area contributed by atoms with Crippen molar-refractivity contribution in [2.45, 2.75) is 39.8 Å². The lowest BCUT2D eigenvalue weighted by Crippen LogP contribution is -2.30. The Kier molecular flexibility index (Phi) is 7.14. The summed E-state index contributed by atoms with van der Waals surface area (Å²) in [7, 11) is 1.60. The third-order valence-corrected chi connectivity index (χ3v) is 7.17. The SMILES string of the molecule is COc1cc(N2C(=S)N[C@@H](c3ccccn3)[C@@H]2c2cccn2-c2cccc(C)c2)ccc1NC(=O)C(C)(C)C. The number of nitrogens with zero attached hydrogens (tertiary/aromatic N) is 3. The van der Waals surface area contributed by atoms with E-state index in [4.69, 9.17) is 17.0 Å². The molecule has 8 heteroatoms. The van der Waals surface area contributed by atoms with E-state index in [1.165, 1.54) is 5.56 Å². The van der Waals surface area contributed by atoms with Gasteiger partial charge in [-0.3, -0.25) is 9.78 Å². The van der Waals surface area contributed by atoms with Crippen molar-refractivity contribution in [1.82, 2.24) is 14.9 Å². The molecule has 200 valence electrons. The molecule has 0 saturated carbocycles. The van der Waals surface area contributed by atoms with E-state index >= 15 is 0 Å². The second kappa shape index (κ2) is 10.5. The van der Waals surface area contributed by atoms with Gasteiger partial charge in [-0.2, -0.15) is 0 Å². The summed E-state index contributed by atoms with van der Waals surface area (Å²) < 4.78 is 7.92. The molecule has 7 nitrogen and oxygen atoms in total. The van der Waals surface area contributed by atoms with E-state index in [9.17, 15) is 4.79 Å². The lowest BCUT2D eigenvalue weighted by atomic mass is 9.95. The first-order valence-electron chi connectivity index (χ1n) is 12.9. The summed E-state index contributed by atoms with van der Waals surface area (Å²) in [5.74, 6) is 0.470. The minimum atomic E-state index is -0.535. The Morgan fingerprint density at radius 1 is 1.03 bits per heavy atom. The highest BCUT2D eigenvalue weighted by molar-refractivity contribution is 7.80. The second-order valence-electron chi connectivity index (χ2n) is 10.7. The van der Waals surface area contributed by atoms with Crippen LogP contribution in [0, 0.1) is 12.3 Å². The smallest absolute Gasteiger partial charge is 0.229 e. The Morgan fingerprint density at radius 3 is 2.54 bits per heavy atom. The van der Waals surface area contributed by atoms with Crippen LogP contribution in [-0.2, 0) is 4.79 Å². The number of pyridine rings is 1. The van der Waals surface area contributed by atoms with Crippen molar-refractivity contribution in [2.75, 3.05) is 17.3 Å². The quantitative estimate of drug-likeness (QED) is 0.278. The molecule has 0 unspecified atom stereocenters. The Morgan fingerprint density at radius 2 is 1.85 bits per heavy atom. The number of rotatable bonds is 6. The van der Waals surface area contributed by atoms with Crippen LogP contribution in [0.25, 0.3) is 5.69 Å². The summed E-state index contributed by atoms with van der Waals surface area (Å²) in [5.41, 5.74) is 5.14. The van der Waals surface area contributed by atoms with E-state index in [1.54, 1.807) is 13.3 Å². The maximum atomic E-state index is 12.7. The first-order valence-corrected chi connectivity index (χ1v) is 13.3. The number of amides is 1. The Hall–Kier alpha value is -4.17. The van der Waals surface area contributed by atoms with E-state index in [-0.39, 0.29) is 18.0 Å². The molecule has 5 rings (SSSR count). The minimum Gasteiger partial charge on any atom is -0.494 e. The highest BCUT2D eigenvalue weighted by atomic mass is 32.1. The third-order valence-electron chi connectivity index (χ3n) is 6.85. The molecule has 1 aliphatic heterocycles. The maximum absolute atomic E-state index is 12.7. The number of carbonyl (C=O) groups excluding carboxylic acids is 1. The summed E-state index contributed by atoms with van der Waals surface area (Å²) in [4.78, 5) is 19.5. The summed E-state index contributed by atoms with van der Waals surface area (Å²) in [6, 6.07) is 23.9. The molecule has 1 fully saturated rings. The molecule has 2 aromatic heterocycles. The number of benzene rings is 2. The predicted octanol–water partition coefficient (Wildman–Crippen LogP) is 6.35. The van der Waals surface area contributed by atoms with E-state index in [1.807, 2.05) is 57.2 Å². The van der Waals surface area contributed by atoms with Gasteiger partial charge in [0.05, 0.1) is 24.5 Å². The lowest BCUT2D eigenvalue weighted by Gasteiger charge is -2.29. The van der Waals surface area contributed by atoms with Crippen LogP contribution in [0.15, 0.2) is 85.2 Å². The van der Waals surface area contributed by atoms with Crippen molar-refractivity contribution in [2.24, 2.45) is 5.41 Å². The molecule has 1 aliphatic rings. The van der Waals surface area contributed by atoms with Gasteiger partial charge in [-0.25, -0.2) is 0 Å². The molecule has 2 atom stereocenters.